The predicted molar refractivity (Wildman–Crippen MR) is 352 cm³/mol. The Hall–Kier alpha value is -11.4. The molecule has 0 aliphatic carbocycles. The zero-order valence-electron chi connectivity index (χ0n) is 53.1. The van der Waals surface area contributed by atoms with Crippen LogP contribution < -0.4 is 38.5 Å². The Kier molecular flexibility index (Phi) is 18.4. The van der Waals surface area contributed by atoms with Crippen molar-refractivity contribution in [1.82, 2.24) is 30.1 Å². The van der Waals surface area contributed by atoms with Gasteiger partial charge in [0.15, 0.2) is 17.2 Å². The van der Waals surface area contributed by atoms with E-state index >= 15 is 0 Å². The van der Waals surface area contributed by atoms with Gasteiger partial charge in [0.1, 0.15) is 76.0 Å². The molecule has 0 radical (unpaired) electrons. The van der Waals surface area contributed by atoms with E-state index in [4.69, 9.17) is 38.1 Å². The van der Waals surface area contributed by atoms with Gasteiger partial charge in [-0.15, -0.1) is 0 Å². The molecule has 14 rings (SSSR count). The normalized spacial score (nSPS) is 12.8. The number of nitrogens with one attached hydrogen (secondary N) is 1. The number of rotatable bonds is 17. The molecule has 20 heteroatoms. The number of fused-ring (bicyclic) bond motifs is 6. The Morgan fingerprint density at radius 2 is 0.768 bits per heavy atom. The fourth-order valence-corrected chi connectivity index (χ4v) is 12.2. The highest BCUT2D eigenvalue weighted by atomic mass is 19.1. The molecule has 2 N–H and O–H groups in total. The highest BCUT2D eigenvalue weighted by molar-refractivity contribution is 6.11. The molecule has 0 saturated carbocycles. The molecule has 0 saturated heterocycles. The van der Waals surface area contributed by atoms with Crippen molar-refractivity contribution < 1.29 is 65.8 Å². The van der Waals surface area contributed by atoms with Gasteiger partial charge in [0.2, 0.25) is 0 Å². The van der Waals surface area contributed by atoms with Crippen LogP contribution in [0.3, 0.4) is 0 Å². The van der Waals surface area contributed by atoms with Crippen molar-refractivity contribution in [2.75, 3.05) is 49.6 Å². The Labute approximate surface area is 545 Å². The highest BCUT2D eigenvalue weighted by Gasteiger charge is 2.37. The number of hydrogen-bond donors (Lipinski definition) is 2. The molecule has 3 aromatic heterocycles. The number of nitrogens with zero attached hydrogens (tertiary/aromatic N) is 5. The van der Waals surface area contributed by atoms with E-state index in [2.05, 4.69) is 15.3 Å². The van der Waals surface area contributed by atoms with Crippen molar-refractivity contribution >= 4 is 50.4 Å². The van der Waals surface area contributed by atoms with Crippen LogP contribution in [-0.4, -0.2) is 97.2 Å². The SMILES string of the molecule is COc1c2c(c(O)c3ncc(Cc4ccc(F)cc4)cc13)C(=O)N(C)C2.COc1ccc(COc2c3c(c(OC)c4cc(Cc5ccc(F)cc5)cnc24)CN(C)C3=O)cc1.COc1ccc(COc2c3c(c(OC)c4cc(Cc5ccc(F)cc5)cnc24)CNC3=O)cc1. The number of methoxy groups -OCH3 is 5. The van der Waals surface area contributed by atoms with Gasteiger partial charge in [0.05, 0.1) is 65.3 Å². The van der Waals surface area contributed by atoms with Gasteiger partial charge in [-0.25, -0.2) is 13.2 Å². The summed E-state index contributed by atoms with van der Waals surface area (Å²) in [7, 11) is 11.4. The van der Waals surface area contributed by atoms with Gasteiger partial charge in [-0.1, -0.05) is 60.7 Å². The predicted octanol–water partition coefficient (Wildman–Crippen LogP) is 13.2. The summed E-state index contributed by atoms with van der Waals surface area (Å²) in [4.78, 5) is 55.0. The van der Waals surface area contributed by atoms with Crippen molar-refractivity contribution in [2.45, 2.75) is 52.1 Å². The molecule has 95 heavy (non-hydrogen) atoms. The summed E-state index contributed by atoms with van der Waals surface area (Å²) < 4.78 is 79.7. The first-order valence-electron chi connectivity index (χ1n) is 30.3. The molecular weight excluding hydrogens is 1220 g/mol. The molecule has 17 nitrogen and oxygen atoms in total. The quantitative estimate of drug-likeness (QED) is 0.0874. The lowest BCUT2D eigenvalue weighted by Gasteiger charge is -2.17. The Balaban J connectivity index is 0.000000138. The standard InChI is InChI=1S/C28H25FN2O4.C27H23FN2O4.C20H17FN2O3/c1-31-15-23-24(28(31)32)27(35-16-18-6-10-21(33-2)11-7-18)25-22(26(23)34-3)13-19(14-30-25)12-17-4-8-20(29)9-5-17;1-32-20-9-5-17(6-10-20)15-34-26-23-22(14-30-27(23)31)25(33-2)21-12-18(13-29-24(21)26)11-16-3-7-19(28)8-4-16;1-23-10-15-16(20(23)25)18(24)17-14(19(15)26-2)8-12(9-22-17)7-11-3-5-13(21)6-4-11/h4-11,13-14H,12,15-16H2,1-3H3;3-10,12-13H,11,14-15H2,1-2H3,(H,30,31);3-6,8-9,24H,7,10H2,1-2H3. The maximum absolute atomic E-state index is 13.3. The smallest absolute Gasteiger partial charge is 0.258 e. The lowest BCUT2D eigenvalue weighted by molar-refractivity contribution is 0.0806. The fourth-order valence-electron chi connectivity index (χ4n) is 12.2. The van der Waals surface area contributed by atoms with Crippen LogP contribution in [0.5, 0.6) is 46.0 Å². The fraction of sp³-hybridized carbons (Fsp3) is 0.200. The summed E-state index contributed by atoms with van der Waals surface area (Å²) in [6.07, 6.45) is 6.92. The first-order valence-corrected chi connectivity index (χ1v) is 30.3. The number of hydrogen-bond acceptors (Lipinski definition) is 14. The second-order valence-electron chi connectivity index (χ2n) is 23.1. The first-order chi connectivity index (χ1) is 46.0. The van der Waals surface area contributed by atoms with E-state index in [0.717, 1.165) is 77.9 Å². The zero-order chi connectivity index (χ0) is 66.6. The van der Waals surface area contributed by atoms with Crippen molar-refractivity contribution in [1.29, 1.82) is 0 Å². The Morgan fingerprint density at radius 3 is 1.17 bits per heavy atom. The molecule has 482 valence electrons. The molecule has 8 aromatic carbocycles. The van der Waals surface area contributed by atoms with E-state index in [1.807, 2.05) is 66.7 Å². The molecule has 0 bridgehead atoms. The van der Waals surface area contributed by atoms with Crippen molar-refractivity contribution in [3.05, 3.63) is 253 Å². The van der Waals surface area contributed by atoms with Crippen LogP contribution >= 0.6 is 0 Å². The van der Waals surface area contributed by atoms with E-state index < -0.39 is 0 Å². The third-order valence-corrected chi connectivity index (χ3v) is 16.9. The summed E-state index contributed by atoms with van der Waals surface area (Å²) >= 11 is 0. The number of ether oxygens (including phenoxy) is 7. The van der Waals surface area contributed by atoms with Gasteiger partial charge in [-0.2, -0.15) is 0 Å². The average molecular weight is 1280 g/mol. The van der Waals surface area contributed by atoms with Crippen LogP contribution in [-0.2, 0) is 52.1 Å². The minimum atomic E-state index is -0.277. The molecule has 0 atom stereocenters. The third-order valence-electron chi connectivity index (χ3n) is 16.9. The second-order valence-corrected chi connectivity index (χ2v) is 23.1. The van der Waals surface area contributed by atoms with Crippen molar-refractivity contribution in [3.63, 3.8) is 0 Å². The van der Waals surface area contributed by atoms with Gasteiger partial charge >= 0.3 is 0 Å². The number of phenols is 1. The van der Waals surface area contributed by atoms with Crippen LogP contribution in [0.25, 0.3) is 32.7 Å². The van der Waals surface area contributed by atoms with Crippen molar-refractivity contribution in [2.24, 2.45) is 0 Å². The molecule has 3 aliphatic rings. The molecular formula is C75H65F3N6O11. The monoisotopic (exact) mass is 1280 g/mol. The molecule has 0 spiro atoms. The molecule has 6 heterocycles. The Morgan fingerprint density at radius 1 is 0.421 bits per heavy atom. The van der Waals surface area contributed by atoms with E-state index in [1.54, 1.807) is 110 Å². The molecule has 11 aromatic rings. The topological polar surface area (TPSA) is 193 Å². The Bertz CT molecular complexity index is 4750. The number of carbonyl (C=O) groups excluding carboxylic acids is 3. The summed E-state index contributed by atoms with van der Waals surface area (Å²) in [5.41, 5.74) is 12.4. The maximum atomic E-state index is 13.3. The molecule has 3 aliphatic heterocycles. The minimum Gasteiger partial charge on any atom is -0.505 e. The van der Waals surface area contributed by atoms with Crippen LogP contribution in [0.15, 0.2) is 158 Å². The summed E-state index contributed by atoms with van der Waals surface area (Å²) in [5, 5.41) is 15.7. The summed E-state index contributed by atoms with van der Waals surface area (Å²) in [5.74, 6) is 2.69. The van der Waals surface area contributed by atoms with Crippen LogP contribution in [0.1, 0.15) is 92.3 Å². The lowest BCUT2D eigenvalue weighted by atomic mass is 9.99. The van der Waals surface area contributed by atoms with E-state index in [-0.39, 0.29) is 59.7 Å². The van der Waals surface area contributed by atoms with Gasteiger partial charge < -0.3 is 53.4 Å². The first kappa shape index (κ1) is 63.7. The van der Waals surface area contributed by atoms with Crippen LogP contribution in [0, 0.1) is 17.5 Å². The van der Waals surface area contributed by atoms with Gasteiger partial charge in [0.25, 0.3) is 17.7 Å². The second kappa shape index (κ2) is 27.4. The zero-order valence-corrected chi connectivity index (χ0v) is 53.1. The van der Waals surface area contributed by atoms with E-state index in [1.165, 1.54) is 41.3 Å². The number of phenolic OH excluding ortho intramolecular Hbond substituents is 1. The number of aromatic hydroxyl groups is 1. The van der Waals surface area contributed by atoms with Crippen LogP contribution in [0.2, 0.25) is 0 Å². The van der Waals surface area contributed by atoms with Crippen LogP contribution in [0.4, 0.5) is 13.2 Å². The summed E-state index contributed by atoms with van der Waals surface area (Å²) in [6.45, 7) is 1.70. The molecule has 3 amide bonds. The van der Waals surface area contributed by atoms with Crippen molar-refractivity contribution in [3.8, 4) is 46.0 Å². The average Bonchev–Trinajstić information content (AvgIpc) is 1.71. The minimum absolute atomic E-state index is 0.113. The van der Waals surface area contributed by atoms with E-state index in [0.29, 0.717) is 106 Å². The number of benzene rings is 8. The summed E-state index contributed by atoms with van der Waals surface area (Å²) in [6, 6.07) is 40.2. The number of halogens is 3. The van der Waals surface area contributed by atoms with Gasteiger partial charge in [-0.05, 0) is 143 Å². The molecule has 0 fully saturated rings. The largest absolute Gasteiger partial charge is 0.505 e. The number of carbonyl (C=O) groups is 3. The van der Waals surface area contributed by atoms with Gasteiger partial charge in [0, 0.05) is 72.1 Å². The third kappa shape index (κ3) is 13.1. The maximum Gasteiger partial charge on any atom is 0.258 e. The highest BCUT2D eigenvalue weighted by Crippen LogP contribution is 2.47. The number of pyridine rings is 3. The van der Waals surface area contributed by atoms with Gasteiger partial charge in [-0.3, -0.25) is 29.3 Å². The number of aromatic nitrogens is 3. The van der Waals surface area contributed by atoms with E-state index in [9.17, 15) is 32.7 Å². The lowest BCUT2D eigenvalue weighted by Crippen LogP contribution is -2.18. The molecule has 0 unspecified atom stereocenters. The number of amides is 3.